The van der Waals surface area contributed by atoms with Gasteiger partial charge in [0.05, 0.1) is 50.8 Å². The summed E-state index contributed by atoms with van der Waals surface area (Å²) in [6, 6.07) is 7.33. The minimum absolute atomic E-state index is 0.181. The molecule has 0 amide bonds. The standard InChI is InChI=1S/C27H33N7O5SSi/c1-16(2)39-25(20-14-30-23(38-7)15-29-20)18(4)40(35,41)33-27-32-31-26(19-11-17(3)12-28-13-19)34(27)24-21(36-5)9-8-10-22(24)37-6/h8-16,18,25H,1-7H3,(H,32,33,35)/t18-,25+,40?/m0/s1. The Morgan fingerprint density at radius 2 is 1.66 bits per heavy atom. The lowest BCUT2D eigenvalue weighted by Gasteiger charge is -2.29. The van der Waals surface area contributed by atoms with Crippen LogP contribution < -0.4 is 18.9 Å². The molecule has 0 bridgehead atoms. The van der Waals surface area contributed by atoms with Crippen LogP contribution in [0.3, 0.4) is 0 Å². The zero-order valence-corrected chi connectivity index (χ0v) is 25.8. The number of nitrogens with one attached hydrogen (secondary N) is 1. The number of benzene rings is 1. The van der Waals surface area contributed by atoms with Gasteiger partial charge in [-0.1, -0.05) is 6.07 Å². The number of hydrogen-bond acceptors (Lipinski definition) is 10. The number of aromatic nitrogens is 6. The zero-order valence-electron chi connectivity index (χ0n) is 24.0. The third kappa shape index (κ3) is 6.55. The number of hydrogen-bond donors (Lipinski definition) is 1. The fraction of sp³-hybridized carbons (Fsp3) is 0.370. The van der Waals surface area contributed by atoms with E-state index in [1.807, 2.05) is 32.9 Å². The molecular formula is C27H33N7O5SSi. The minimum atomic E-state index is -3.11. The van der Waals surface area contributed by atoms with Crippen LogP contribution in [0.4, 0.5) is 5.95 Å². The second kappa shape index (κ2) is 12.7. The fourth-order valence-electron chi connectivity index (χ4n) is 4.17. The summed E-state index contributed by atoms with van der Waals surface area (Å²) in [5.74, 6) is 1.98. The van der Waals surface area contributed by atoms with Gasteiger partial charge in [0, 0.05) is 27.1 Å². The van der Waals surface area contributed by atoms with Crippen molar-refractivity contribution >= 4 is 24.0 Å². The van der Waals surface area contributed by atoms with Crippen molar-refractivity contribution in [1.82, 2.24) is 29.7 Å². The van der Waals surface area contributed by atoms with E-state index in [4.69, 9.17) is 18.9 Å². The molecule has 0 saturated carbocycles. The predicted octanol–water partition coefficient (Wildman–Crippen LogP) is 3.70. The van der Waals surface area contributed by atoms with Gasteiger partial charge in [-0.2, -0.15) is 0 Å². The van der Waals surface area contributed by atoms with E-state index in [9.17, 15) is 4.21 Å². The second-order valence-corrected chi connectivity index (χ2v) is 13.4. The number of methoxy groups -OCH3 is 3. The highest BCUT2D eigenvalue weighted by Gasteiger charge is 2.32. The van der Waals surface area contributed by atoms with Gasteiger partial charge < -0.3 is 18.9 Å². The number of ether oxygens (including phenoxy) is 4. The molecule has 1 N–H and O–H groups in total. The number of nitrogens with zero attached hydrogens (tertiary/aromatic N) is 6. The molecule has 4 aromatic rings. The first-order valence-electron chi connectivity index (χ1n) is 12.7. The Hall–Kier alpha value is -3.88. The highest BCUT2D eigenvalue weighted by Crippen LogP contribution is 2.38. The highest BCUT2D eigenvalue weighted by molar-refractivity contribution is 8.06. The Morgan fingerprint density at radius 1 is 0.951 bits per heavy atom. The van der Waals surface area contributed by atoms with E-state index in [0.717, 1.165) is 5.56 Å². The molecule has 0 aliphatic rings. The first-order chi connectivity index (χ1) is 19.6. The van der Waals surface area contributed by atoms with Crippen molar-refractivity contribution in [2.75, 3.05) is 26.1 Å². The lowest BCUT2D eigenvalue weighted by molar-refractivity contribution is 0.00446. The zero-order chi connectivity index (χ0) is 29.7. The van der Waals surface area contributed by atoms with Crippen molar-refractivity contribution in [3.8, 4) is 34.5 Å². The van der Waals surface area contributed by atoms with Crippen LogP contribution in [0.5, 0.6) is 17.4 Å². The molecule has 1 unspecified atom stereocenters. The van der Waals surface area contributed by atoms with Gasteiger partial charge in [0.15, 0.2) is 5.82 Å². The van der Waals surface area contributed by atoms with Crippen molar-refractivity contribution in [1.29, 1.82) is 0 Å². The lowest BCUT2D eigenvalue weighted by Crippen LogP contribution is -2.34. The summed E-state index contributed by atoms with van der Waals surface area (Å²) in [5, 5.41) is 8.20. The van der Waals surface area contributed by atoms with E-state index in [1.165, 1.54) is 13.3 Å². The number of anilines is 1. The lowest BCUT2D eigenvalue weighted by atomic mass is 10.2. The maximum Gasteiger partial charge on any atom is 0.240 e. The molecule has 3 aromatic heterocycles. The van der Waals surface area contributed by atoms with E-state index in [0.29, 0.717) is 40.1 Å². The summed E-state index contributed by atoms with van der Waals surface area (Å²) in [4.78, 5) is 13.0. The highest BCUT2D eigenvalue weighted by atomic mass is 32.3. The molecule has 0 fully saturated rings. The van der Waals surface area contributed by atoms with Gasteiger partial charge in [0.1, 0.15) is 32.2 Å². The monoisotopic (exact) mass is 595 g/mol. The van der Waals surface area contributed by atoms with E-state index >= 15 is 0 Å². The van der Waals surface area contributed by atoms with Crippen molar-refractivity contribution in [3.63, 3.8) is 0 Å². The summed E-state index contributed by atoms with van der Waals surface area (Å²) in [5.41, 5.74) is 2.65. The molecule has 0 aliphatic carbocycles. The topological polar surface area (TPSA) is 135 Å². The van der Waals surface area contributed by atoms with Gasteiger partial charge >= 0.3 is 0 Å². The van der Waals surface area contributed by atoms with Crippen molar-refractivity contribution in [3.05, 3.63) is 60.3 Å². The second-order valence-electron chi connectivity index (χ2n) is 9.44. The maximum absolute atomic E-state index is 14.4. The van der Waals surface area contributed by atoms with E-state index in [1.54, 1.807) is 56.4 Å². The quantitative estimate of drug-likeness (QED) is 0.242. The van der Waals surface area contributed by atoms with Crippen molar-refractivity contribution < 1.29 is 23.2 Å². The molecule has 0 saturated heterocycles. The SMILES string of the molecule is COc1cnc([C@H](OC(C)C)[C@H](C)S(=O)(=[Si])Nc2nnc(-c3cncc(C)c3)n2-c2c(OC)cccc2OC)cn1. The van der Waals surface area contributed by atoms with Crippen LogP contribution in [0, 0.1) is 6.92 Å². The molecule has 0 aliphatic heterocycles. The third-order valence-corrected chi connectivity index (χ3v) is 9.38. The molecule has 1 aromatic carbocycles. The van der Waals surface area contributed by atoms with Crippen LogP contribution in [0.15, 0.2) is 49.1 Å². The molecule has 2 radical (unpaired) electrons. The smallest absolute Gasteiger partial charge is 0.240 e. The molecule has 0 spiro atoms. The number of para-hydroxylation sites is 1. The largest absolute Gasteiger partial charge is 0.494 e. The van der Waals surface area contributed by atoms with Crippen LogP contribution in [0.1, 0.15) is 38.1 Å². The summed E-state index contributed by atoms with van der Waals surface area (Å²) in [6.07, 6.45) is 5.60. The van der Waals surface area contributed by atoms with Crippen LogP contribution in [0.2, 0.25) is 0 Å². The Bertz CT molecular complexity index is 1570. The van der Waals surface area contributed by atoms with E-state index in [-0.39, 0.29) is 12.1 Å². The third-order valence-electron chi connectivity index (χ3n) is 6.18. The molecule has 3 heterocycles. The van der Waals surface area contributed by atoms with Gasteiger partial charge in [-0.3, -0.25) is 23.5 Å². The summed E-state index contributed by atoms with van der Waals surface area (Å²) in [7, 11) is 5.05. The van der Waals surface area contributed by atoms with Gasteiger partial charge in [-0.05, 0) is 51.5 Å². The summed E-state index contributed by atoms with van der Waals surface area (Å²) in [6.45, 7) is 7.51. The maximum atomic E-state index is 14.4. The number of aryl methyl sites for hydroxylation is 1. The summed E-state index contributed by atoms with van der Waals surface area (Å²) >= 11 is 0. The Kier molecular flexibility index (Phi) is 9.35. The fourth-order valence-corrected chi connectivity index (χ4v) is 5.96. The van der Waals surface area contributed by atoms with Crippen LogP contribution in [-0.2, 0) is 13.9 Å². The number of rotatable bonds is 12. The van der Waals surface area contributed by atoms with E-state index in [2.05, 4.69) is 38.8 Å². The van der Waals surface area contributed by atoms with E-state index < -0.39 is 20.5 Å². The first kappa shape index (κ1) is 30.1. The van der Waals surface area contributed by atoms with Crippen LogP contribution >= 0.6 is 0 Å². The van der Waals surface area contributed by atoms with Gasteiger partial charge in [-0.25, -0.2) is 4.98 Å². The van der Waals surface area contributed by atoms with Gasteiger partial charge in [-0.15, -0.1) is 10.2 Å². The predicted molar refractivity (Wildman–Crippen MR) is 157 cm³/mol. The average Bonchev–Trinajstić information content (AvgIpc) is 3.37. The molecule has 14 heteroatoms. The van der Waals surface area contributed by atoms with Crippen LogP contribution in [0.25, 0.3) is 17.1 Å². The van der Waals surface area contributed by atoms with Crippen molar-refractivity contribution in [2.24, 2.45) is 0 Å². The van der Waals surface area contributed by atoms with Crippen LogP contribution in [-0.4, -0.2) is 75.6 Å². The van der Waals surface area contributed by atoms with Gasteiger partial charge in [0.25, 0.3) is 0 Å². The Morgan fingerprint density at radius 3 is 2.22 bits per heavy atom. The van der Waals surface area contributed by atoms with Crippen molar-refractivity contribution in [2.45, 2.75) is 45.2 Å². The minimum Gasteiger partial charge on any atom is -0.494 e. The van der Waals surface area contributed by atoms with Gasteiger partial charge in [0.2, 0.25) is 11.8 Å². The average molecular weight is 596 g/mol. The Balaban J connectivity index is 1.83. The molecule has 3 atom stereocenters. The molecular weight excluding hydrogens is 562 g/mol. The molecule has 12 nitrogen and oxygen atoms in total. The normalized spacial score (nSPS) is 14.2. The molecule has 41 heavy (non-hydrogen) atoms. The molecule has 216 valence electrons. The first-order valence-corrected chi connectivity index (χ1v) is 15.6. The Labute approximate surface area is 242 Å². The number of pyridine rings is 1. The molecule has 4 rings (SSSR count). The summed E-state index contributed by atoms with van der Waals surface area (Å²) < 4.78 is 41.9.